The summed E-state index contributed by atoms with van der Waals surface area (Å²) in [5.74, 6) is -1.04. The molecule has 0 bridgehead atoms. The molecule has 3 aromatic rings. The van der Waals surface area contributed by atoms with Gasteiger partial charge in [0.15, 0.2) is 0 Å². The lowest BCUT2D eigenvalue weighted by atomic mass is 9.89. The van der Waals surface area contributed by atoms with E-state index in [2.05, 4.69) is 11.1 Å². The average Bonchev–Trinajstić information content (AvgIpc) is 2.94. The number of aryl methyl sites for hydroxylation is 2. The average molecular weight is 326 g/mol. The molecule has 0 saturated heterocycles. The third kappa shape index (κ3) is 2.02. The van der Waals surface area contributed by atoms with E-state index in [4.69, 9.17) is 0 Å². The summed E-state index contributed by atoms with van der Waals surface area (Å²) in [7, 11) is 0. The van der Waals surface area contributed by atoms with Crippen LogP contribution in [-0.2, 0) is 17.6 Å². The molecule has 4 rings (SSSR count). The molecule has 2 heterocycles. The number of carbonyl (C=O) groups is 1. The molecule has 0 fully saturated rings. The van der Waals surface area contributed by atoms with Gasteiger partial charge in [-0.2, -0.15) is 0 Å². The van der Waals surface area contributed by atoms with Crippen LogP contribution in [0.1, 0.15) is 23.4 Å². The van der Waals surface area contributed by atoms with Gasteiger partial charge in [-0.25, -0.2) is 9.78 Å². The summed E-state index contributed by atoms with van der Waals surface area (Å²) in [5, 5.41) is 9.74. The van der Waals surface area contributed by atoms with Gasteiger partial charge in [-0.05, 0) is 30.9 Å². The van der Waals surface area contributed by atoms with Crippen LogP contribution in [-0.4, -0.2) is 20.6 Å². The second kappa shape index (κ2) is 5.03. The lowest BCUT2D eigenvalue weighted by molar-refractivity contribution is -0.140. The number of hydrogen-bond acceptors (Lipinski definition) is 4. The van der Waals surface area contributed by atoms with Gasteiger partial charge in [0.1, 0.15) is 10.9 Å². The van der Waals surface area contributed by atoms with E-state index < -0.39 is 12.0 Å². The quantitative estimate of drug-likeness (QED) is 0.786. The Hall–Kier alpha value is -2.47. The van der Waals surface area contributed by atoms with E-state index in [0.29, 0.717) is 10.2 Å². The summed E-state index contributed by atoms with van der Waals surface area (Å²) in [6.07, 6.45) is 3.19. The summed E-state index contributed by atoms with van der Waals surface area (Å²) in [6, 6.07) is 7.13. The minimum absolute atomic E-state index is 0.279. The van der Waals surface area contributed by atoms with Crippen molar-refractivity contribution >= 4 is 27.5 Å². The fourth-order valence-electron chi connectivity index (χ4n) is 3.14. The van der Waals surface area contributed by atoms with Gasteiger partial charge in [0.05, 0.1) is 11.7 Å². The summed E-state index contributed by atoms with van der Waals surface area (Å²) in [5.41, 5.74) is 2.95. The highest BCUT2D eigenvalue weighted by atomic mass is 32.1. The molecule has 5 nitrogen and oxygen atoms in total. The number of fused-ring (bicyclic) bond motifs is 5. The SMILES string of the molecule is CC(C(=O)O)n1cnc2sc3c(c2c1=O)-c1ccccc1CC3. The highest BCUT2D eigenvalue weighted by Gasteiger charge is 2.25. The van der Waals surface area contributed by atoms with E-state index in [9.17, 15) is 14.7 Å². The van der Waals surface area contributed by atoms with Crippen LogP contribution in [0.25, 0.3) is 21.3 Å². The first-order valence-corrected chi connectivity index (χ1v) is 8.23. The first kappa shape index (κ1) is 14.1. The lowest BCUT2D eigenvalue weighted by Crippen LogP contribution is -2.28. The Bertz CT molecular complexity index is 1000. The summed E-state index contributed by atoms with van der Waals surface area (Å²) in [4.78, 5) is 30.3. The normalized spacial score (nSPS) is 14.3. The smallest absolute Gasteiger partial charge is 0.326 e. The number of rotatable bonds is 2. The lowest BCUT2D eigenvalue weighted by Gasteiger charge is -2.16. The molecule has 0 spiro atoms. The number of aliphatic carboxylic acids is 1. The topological polar surface area (TPSA) is 72.2 Å². The first-order chi connectivity index (χ1) is 11.1. The molecule has 0 radical (unpaired) electrons. The maximum atomic E-state index is 12.9. The molecule has 6 heteroatoms. The molecule has 1 unspecified atom stereocenters. The number of carboxylic acid groups (broad SMARTS) is 1. The van der Waals surface area contributed by atoms with Gasteiger partial charge in [-0.1, -0.05) is 24.3 Å². The van der Waals surface area contributed by atoms with Crippen molar-refractivity contribution in [2.45, 2.75) is 25.8 Å². The zero-order valence-corrected chi connectivity index (χ0v) is 13.3. The first-order valence-electron chi connectivity index (χ1n) is 7.41. The van der Waals surface area contributed by atoms with Gasteiger partial charge in [0.2, 0.25) is 0 Å². The van der Waals surface area contributed by atoms with E-state index in [1.807, 2.05) is 18.2 Å². The Morgan fingerprint density at radius 2 is 2.13 bits per heavy atom. The number of nitrogens with zero attached hydrogens (tertiary/aromatic N) is 2. The van der Waals surface area contributed by atoms with Crippen LogP contribution in [0.5, 0.6) is 0 Å². The van der Waals surface area contributed by atoms with Crippen molar-refractivity contribution in [2.24, 2.45) is 0 Å². The van der Waals surface area contributed by atoms with Gasteiger partial charge in [-0.15, -0.1) is 11.3 Å². The van der Waals surface area contributed by atoms with E-state index in [1.165, 1.54) is 34.7 Å². The maximum absolute atomic E-state index is 12.9. The monoisotopic (exact) mass is 326 g/mol. The molecule has 1 N–H and O–H groups in total. The molecule has 1 aliphatic rings. The van der Waals surface area contributed by atoms with Crippen molar-refractivity contribution in [1.82, 2.24) is 9.55 Å². The van der Waals surface area contributed by atoms with E-state index in [0.717, 1.165) is 28.8 Å². The van der Waals surface area contributed by atoms with Crippen molar-refractivity contribution in [3.8, 4) is 11.1 Å². The Morgan fingerprint density at radius 3 is 2.91 bits per heavy atom. The summed E-state index contributed by atoms with van der Waals surface area (Å²) < 4.78 is 1.20. The van der Waals surface area contributed by atoms with Crippen LogP contribution in [0.2, 0.25) is 0 Å². The zero-order valence-electron chi connectivity index (χ0n) is 12.4. The van der Waals surface area contributed by atoms with Crippen LogP contribution in [0.15, 0.2) is 35.4 Å². The molecular weight excluding hydrogens is 312 g/mol. The van der Waals surface area contributed by atoms with Crippen LogP contribution >= 0.6 is 11.3 Å². The Kier molecular flexibility index (Phi) is 3.09. The summed E-state index contributed by atoms with van der Waals surface area (Å²) in [6.45, 7) is 1.49. The fraction of sp³-hybridized carbons (Fsp3) is 0.235. The Balaban J connectivity index is 2.06. The molecule has 116 valence electrons. The molecule has 1 aliphatic carbocycles. The van der Waals surface area contributed by atoms with Crippen LogP contribution < -0.4 is 5.56 Å². The molecule has 0 aliphatic heterocycles. The van der Waals surface area contributed by atoms with E-state index in [1.54, 1.807) is 0 Å². The molecule has 1 aromatic carbocycles. The van der Waals surface area contributed by atoms with Gasteiger partial charge in [0.25, 0.3) is 5.56 Å². The van der Waals surface area contributed by atoms with Crippen molar-refractivity contribution in [1.29, 1.82) is 0 Å². The molecule has 0 amide bonds. The van der Waals surface area contributed by atoms with Crippen LogP contribution in [0, 0.1) is 0 Å². The van der Waals surface area contributed by atoms with E-state index in [-0.39, 0.29) is 5.56 Å². The van der Waals surface area contributed by atoms with Gasteiger partial charge in [-0.3, -0.25) is 9.36 Å². The maximum Gasteiger partial charge on any atom is 0.326 e. The van der Waals surface area contributed by atoms with Gasteiger partial charge < -0.3 is 5.11 Å². The highest BCUT2D eigenvalue weighted by molar-refractivity contribution is 7.19. The largest absolute Gasteiger partial charge is 0.480 e. The van der Waals surface area contributed by atoms with Gasteiger partial charge in [0, 0.05) is 10.4 Å². The molecule has 0 saturated carbocycles. The van der Waals surface area contributed by atoms with E-state index >= 15 is 0 Å². The third-order valence-electron chi connectivity index (χ3n) is 4.39. The third-order valence-corrected chi connectivity index (χ3v) is 5.55. The molecular formula is C17H14N2O3S. The van der Waals surface area contributed by atoms with Crippen molar-refractivity contribution in [3.63, 3.8) is 0 Å². The standard InChI is InChI=1S/C17H14N2O3S/c1-9(17(21)22)19-8-18-15-14(16(19)20)13-11-5-3-2-4-10(11)6-7-12(13)23-15/h2-5,8-9H,6-7H2,1H3,(H,21,22). The molecule has 2 aromatic heterocycles. The Morgan fingerprint density at radius 1 is 1.35 bits per heavy atom. The number of hydrogen-bond donors (Lipinski definition) is 1. The minimum Gasteiger partial charge on any atom is -0.480 e. The fourth-order valence-corrected chi connectivity index (χ4v) is 4.28. The number of thiophene rings is 1. The predicted molar refractivity (Wildman–Crippen MR) is 89.1 cm³/mol. The second-order valence-electron chi connectivity index (χ2n) is 5.71. The predicted octanol–water partition coefficient (Wildman–Crippen LogP) is 2.87. The zero-order chi connectivity index (χ0) is 16.1. The molecule has 23 heavy (non-hydrogen) atoms. The number of benzene rings is 1. The Labute approximate surface area is 135 Å². The highest BCUT2D eigenvalue weighted by Crippen LogP contribution is 2.41. The van der Waals surface area contributed by atoms with Crippen molar-refractivity contribution in [3.05, 3.63) is 51.4 Å². The second-order valence-corrected chi connectivity index (χ2v) is 6.79. The van der Waals surface area contributed by atoms with Crippen LogP contribution in [0.4, 0.5) is 0 Å². The minimum atomic E-state index is -1.04. The van der Waals surface area contributed by atoms with Crippen molar-refractivity contribution in [2.75, 3.05) is 0 Å². The summed E-state index contributed by atoms with van der Waals surface area (Å²) >= 11 is 1.53. The molecule has 1 atom stereocenters. The van der Waals surface area contributed by atoms with Crippen molar-refractivity contribution < 1.29 is 9.90 Å². The van der Waals surface area contributed by atoms with Crippen LogP contribution in [0.3, 0.4) is 0 Å². The number of carboxylic acids is 1. The van der Waals surface area contributed by atoms with Gasteiger partial charge >= 0.3 is 5.97 Å². The number of aromatic nitrogens is 2.